The Hall–Kier alpha value is -1.80. The molecule has 0 fully saturated rings. The summed E-state index contributed by atoms with van der Waals surface area (Å²) in [5.74, 6) is 0. The van der Waals surface area contributed by atoms with Gasteiger partial charge in [0.2, 0.25) is 0 Å². The van der Waals surface area contributed by atoms with Crippen LogP contribution in [0.15, 0.2) is 54.9 Å². The third kappa shape index (κ3) is 2.24. The summed E-state index contributed by atoms with van der Waals surface area (Å²) in [6, 6.07) is 14.1. The van der Waals surface area contributed by atoms with Gasteiger partial charge in [0.25, 0.3) is 0 Å². The van der Waals surface area contributed by atoms with Gasteiger partial charge in [-0.05, 0) is 36.4 Å². The molecule has 18 heavy (non-hydrogen) atoms. The normalized spacial score (nSPS) is 10.9. The fourth-order valence-corrected chi connectivity index (χ4v) is 2.33. The number of halogens is 1. The quantitative estimate of drug-likeness (QED) is 0.694. The fourth-order valence-electron chi connectivity index (χ4n) is 2.15. The number of benzene rings is 1. The molecule has 3 heteroatoms. The minimum atomic E-state index is 0.782. The van der Waals surface area contributed by atoms with Gasteiger partial charge in [0, 0.05) is 47.0 Å². The van der Waals surface area contributed by atoms with E-state index < -0.39 is 0 Å². The highest BCUT2D eigenvalue weighted by molar-refractivity contribution is 6.31. The van der Waals surface area contributed by atoms with E-state index >= 15 is 0 Å². The molecule has 0 unspecified atom stereocenters. The summed E-state index contributed by atoms with van der Waals surface area (Å²) in [6.45, 7) is 0.933. The summed E-state index contributed by atoms with van der Waals surface area (Å²) in [7, 11) is 0. The van der Waals surface area contributed by atoms with E-state index in [0.717, 1.165) is 23.7 Å². The van der Waals surface area contributed by atoms with E-state index in [9.17, 15) is 0 Å². The van der Waals surface area contributed by atoms with E-state index in [2.05, 4.69) is 33.9 Å². The monoisotopic (exact) mass is 256 g/mol. The molecule has 1 aromatic carbocycles. The van der Waals surface area contributed by atoms with Gasteiger partial charge in [-0.25, -0.2) is 0 Å². The van der Waals surface area contributed by atoms with Crippen molar-refractivity contribution in [1.82, 2.24) is 9.55 Å². The van der Waals surface area contributed by atoms with Crippen molar-refractivity contribution in [3.63, 3.8) is 0 Å². The second kappa shape index (κ2) is 4.83. The second-order valence-corrected chi connectivity index (χ2v) is 4.72. The molecule has 0 atom stereocenters. The molecule has 0 bridgehead atoms. The fraction of sp³-hybridized carbons (Fsp3) is 0.133. The lowest BCUT2D eigenvalue weighted by atomic mass is 10.2. The van der Waals surface area contributed by atoms with E-state index in [1.807, 2.05) is 30.5 Å². The Balaban J connectivity index is 1.83. The van der Waals surface area contributed by atoms with E-state index in [1.54, 1.807) is 0 Å². The smallest absolute Gasteiger partial charge is 0.0481 e. The van der Waals surface area contributed by atoms with Gasteiger partial charge < -0.3 is 4.57 Å². The van der Waals surface area contributed by atoms with Crippen molar-refractivity contribution in [3.8, 4) is 0 Å². The Morgan fingerprint density at radius 2 is 2.06 bits per heavy atom. The SMILES string of the molecule is Clc1ccc2c(ccn2CCc2ccccn2)c1. The van der Waals surface area contributed by atoms with E-state index in [-0.39, 0.29) is 0 Å². The van der Waals surface area contributed by atoms with Crippen molar-refractivity contribution >= 4 is 22.5 Å². The lowest BCUT2D eigenvalue weighted by molar-refractivity contribution is 0.710. The average Bonchev–Trinajstić information content (AvgIpc) is 2.80. The Kier molecular flexibility index (Phi) is 3.03. The molecule has 90 valence electrons. The summed E-state index contributed by atoms with van der Waals surface area (Å²) in [5.41, 5.74) is 2.34. The zero-order valence-corrected chi connectivity index (χ0v) is 10.6. The lowest BCUT2D eigenvalue weighted by Crippen LogP contribution is -2.00. The minimum absolute atomic E-state index is 0.782. The van der Waals surface area contributed by atoms with Crippen LogP contribution in [0.3, 0.4) is 0 Å². The number of hydrogen-bond donors (Lipinski definition) is 0. The number of pyridine rings is 1. The predicted octanol–water partition coefficient (Wildman–Crippen LogP) is 3.93. The van der Waals surface area contributed by atoms with Crippen molar-refractivity contribution in [2.24, 2.45) is 0 Å². The van der Waals surface area contributed by atoms with Gasteiger partial charge in [0.15, 0.2) is 0 Å². The second-order valence-electron chi connectivity index (χ2n) is 4.28. The van der Waals surface area contributed by atoms with Crippen LogP contribution in [0.1, 0.15) is 5.69 Å². The first-order chi connectivity index (χ1) is 8.83. The average molecular weight is 257 g/mol. The molecule has 2 heterocycles. The highest BCUT2D eigenvalue weighted by atomic mass is 35.5. The third-order valence-electron chi connectivity index (χ3n) is 3.07. The highest BCUT2D eigenvalue weighted by Gasteiger charge is 2.02. The first-order valence-corrected chi connectivity index (χ1v) is 6.35. The zero-order chi connectivity index (χ0) is 12.4. The highest BCUT2D eigenvalue weighted by Crippen LogP contribution is 2.20. The number of nitrogens with zero attached hydrogens (tertiary/aromatic N) is 2. The maximum atomic E-state index is 5.98. The molecule has 3 aromatic rings. The van der Waals surface area contributed by atoms with Crippen LogP contribution in [0.5, 0.6) is 0 Å². The van der Waals surface area contributed by atoms with Crippen molar-refractivity contribution < 1.29 is 0 Å². The standard InChI is InChI=1S/C15H13ClN2/c16-13-4-5-15-12(11-13)6-9-18(15)10-7-14-3-1-2-8-17-14/h1-6,8-9,11H,7,10H2. The Bertz CT molecular complexity index is 659. The molecule has 2 nitrogen and oxygen atoms in total. The molecule has 2 aromatic heterocycles. The first-order valence-electron chi connectivity index (χ1n) is 5.97. The number of hydrogen-bond acceptors (Lipinski definition) is 1. The minimum Gasteiger partial charge on any atom is -0.347 e. The summed E-state index contributed by atoms with van der Waals surface area (Å²) in [4.78, 5) is 4.34. The molecule has 0 aliphatic carbocycles. The number of aryl methyl sites for hydroxylation is 2. The van der Waals surface area contributed by atoms with Gasteiger partial charge in [-0.2, -0.15) is 0 Å². The van der Waals surface area contributed by atoms with Crippen LogP contribution in [0.4, 0.5) is 0 Å². The van der Waals surface area contributed by atoms with E-state index in [0.29, 0.717) is 0 Å². The van der Waals surface area contributed by atoms with Crippen LogP contribution < -0.4 is 0 Å². The van der Waals surface area contributed by atoms with Gasteiger partial charge in [-0.1, -0.05) is 17.7 Å². The van der Waals surface area contributed by atoms with Gasteiger partial charge in [0.1, 0.15) is 0 Å². The summed E-state index contributed by atoms with van der Waals surface area (Å²) >= 11 is 5.98. The molecule has 0 aliphatic rings. The van der Waals surface area contributed by atoms with Crippen LogP contribution in [-0.2, 0) is 13.0 Å². The molecule has 0 N–H and O–H groups in total. The molecule has 0 saturated carbocycles. The Labute approximate surface area is 111 Å². The number of aromatic nitrogens is 2. The van der Waals surface area contributed by atoms with E-state index in [1.165, 1.54) is 10.9 Å². The number of rotatable bonds is 3. The Morgan fingerprint density at radius 1 is 1.11 bits per heavy atom. The van der Waals surface area contributed by atoms with E-state index in [4.69, 9.17) is 11.6 Å². The Morgan fingerprint density at radius 3 is 2.89 bits per heavy atom. The molecular formula is C15H13ClN2. The zero-order valence-electron chi connectivity index (χ0n) is 9.88. The predicted molar refractivity (Wildman–Crippen MR) is 74.9 cm³/mol. The molecule has 0 saturated heterocycles. The lowest BCUT2D eigenvalue weighted by Gasteiger charge is -2.05. The maximum Gasteiger partial charge on any atom is 0.0481 e. The van der Waals surface area contributed by atoms with Crippen LogP contribution in [0, 0.1) is 0 Å². The molecular weight excluding hydrogens is 244 g/mol. The van der Waals surface area contributed by atoms with Crippen molar-refractivity contribution in [2.75, 3.05) is 0 Å². The molecule has 0 aliphatic heterocycles. The number of fused-ring (bicyclic) bond motifs is 1. The van der Waals surface area contributed by atoms with Crippen LogP contribution in [0.2, 0.25) is 5.02 Å². The van der Waals surface area contributed by atoms with Crippen molar-refractivity contribution in [1.29, 1.82) is 0 Å². The largest absolute Gasteiger partial charge is 0.347 e. The maximum absolute atomic E-state index is 5.98. The molecule has 0 spiro atoms. The molecule has 0 radical (unpaired) electrons. The van der Waals surface area contributed by atoms with Crippen molar-refractivity contribution in [3.05, 3.63) is 65.6 Å². The van der Waals surface area contributed by atoms with Crippen LogP contribution in [-0.4, -0.2) is 9.55 Å². The van der Waals surface area contributed by atoms with Gasteiger partial charge in [-0.15, -0.1) is 0 Å². The summed E-state index contributed by atoms with van der Waals surface area (Å²) < 4.78 is 2.24. The topological polar surface area (TPSA) is 17.8 Å². The van der Waals surface area contributed by atoms with Gasteiger partial charge in [0.05, 0.1) is 0 Å². The van der Waals surface area contributed by atoms with Crippen LogP contribution in [0.25, 0.3) is 10.9 Å². The first kappa shape index (κ1) is 11.3. The van der Waals surface area contributed by atoms with Crippen LogP contribution >= 0.6 is 11.6 Å². The van der Waals surface area contributed by atoms with Crippen molar-refractivity contribution in [2.45, 2.75) is 13.0 Å². The summed E-state index contributed by atoms with van der Waals surface area (Å²) in [6.07, 6.45) is 4.88. The third-order valence-corrected chi connectivity index (χ3v) is 3.30. The van der Waals surface area contributed by atoms with Gasteiger partial charge >= 0.3 is 0 Å². The molecule has 0 amide bonds. The van der Waals surface area contributed by atoms with Gasteiger partial charge in [-0.3, -0.25) is 4.98 Å². The molecule has 3 rings (SSSR count). The summed E-state index contributed by atoms with van der Waals surface area (Å²) in [5, 5.41) is 1.97.